The molecule has 0 amide bonds. The van der Waals surface area contributed by atoms with Crippen LogP contribution in [0.2, 0.25) is 0 Å². The van der Waals surface area contributed by atoms with Crippen molar-refractivity contribution in [3.8, 4) is 0 Å². The van der Waals surface area contributed by atoms with Crippen LogP contribution in [0.5, 0.6) is 0 Å². The van der Waals surface area contributed by atoms with Crippen LogP contribution in [0.1, 0.15) is 187 Å². The van der Waals surface area contributed by atoms with E-state index in [-0.39, 0.29) is 104 Å². The zero-order valence-electron chi connectivity index (χ0n) is 37.6. The van der Waals surface area contributed by atoms with Gasteiger partial charge in [0.05, 0.1) is 0 Å². The molecule has 0 rings (SSSR count). The Morgan fingerprint density at radius 1 is 0.397 bits per heavy atom. The summed E-state index contributed by atoms with van der Waals surface area (Å²) in [6.45, 7) is 25.5. The van der Waals surface area contributed by atoms with Gasteiger partial charge >= 0.3 is 23.9 Å². The van der Waals surface area contributed by atoms with Crippen molar-refractivity contribution in [2.45, 2.75) is 210 Å². The van der Waals surface area contributed by atoms with E-state index in [0.717, 1.165) is 38.5 Å². The Labute approximate surface area is 376 Å². The standard InChI is InChI=1S/4C10H18O4.2Ti/c2*1-5-6-8(11)7-9(12)13-14-10(2,3)4;2*1-4-6-9(11)7-10(12)14-13-8(3)5-2;;/h2*5-7H2,1-4H3;2*8H,4-7H2,1-3H3;;. The van der Waals surface area contributed by atoms with Crippen molar-refractivity contribution < 1.29 is 121 Å². The van der Waals surface area contributed by atoms with Crippen molar-refractivity contribution in [1.82, 2.24) is 0 Å². The van der Waals surface area contributed by atoms with Crippen molar-refractivity contribution in [2.75, 3.05) is 0 Å². The Morgan fingerprint density at radius 2 is 0.603 bits per heavy atom. The molecule has 2 atom stereocenters. The molecule has 0 radical (unpaired) electrons. The molecule has 0 N–H and O–H groups in total. The zero-order chi connectivity index (χ0) is 44.3. The maximum absolute atomic E-state index is 11.0. The molecule has 0 aromatic carbocycles. The summed E-state index contributed by atoms with van der Waals surface area (Å²) in [6.07, 6.45) is 5.11. The van der Waals surface area contributed by atoms with Gasteiger partial charge < -0.3 is 0 Å². The van der Waals surface area contributed by atoms with Crippen LogP contribution in [-0.4, -0.2) is 70.4 Å². The maximum Gasteiger partial charge on any atom is 0.349 e. The third kappa shape index (κ3) is 55.9. The van der Waals surface area contributed by atoms with E-state index in [9.17, 15) is 38.4 Å². The molecule has 0 aliphatic rings. The van der Waals surface area contributed by atoms with E-state index in [1.807, 2.05) is 41.5 Å². The van der Waals surface area contributed by atoms with Crippen molar-refractivity contribution in [3.63, 3.8) is 0 Å². The number of carbonyl (C=O) groups excluding carboxylic acids is 8. The van der Waals surface area contributed by atoms with Gasteiger partial charge in [-0.15, -0.1) is 0 Å². The Morgan fingerprint density at radius 3 is 0.776 bits per heavy atom. The predicted molar refractivity (Wildman–Crippen MR) is 206 cm³/mol. The average molecular weight is 905 g/mol. The molecule has 0 aromatic rings. The average Bonchev–Trinajstić information content (AvgIpc) is 3.08. The molecular formula is C40H72O16Ti2. The molecular weight excluding hydrogens is 832 g/mol. The van der Waals surface area contributed by atoms with Crippen LogP contribution < -0.4 is 0 Å². The Kier molecular flexibility index (Phi) is 48.4. The molecule has 18 heteroatoms. The minimum Gasteiger partial charge on any atom is -0.299 e. The molecule has 0 heterocycles. The normalized spacial score (nSPS) is 11.3. The van der Waals surface area contributed by atoms with Gasteiger partial charge in [0.15, 0.2) is 0 Å². The van der Waals surface area contributed by atoms with Crippen molar-refractivity contribution in [3.05, 3.63) is 0 Å². The minimum absolute atomic E-state index is 0. The molecule has 16 nitrogen and oxygen atoms in total. The molecule has 0 bridgehead atoms. The topological polar surface area (TPSA) is 210 Å². The largest absolute Gasteiger partial charge is 0.349 e. The van der Waals surface area contributed by atoms with Gasteiger partial charge in [0, 0.05) is 69.1 Å². The van der Waals surface area contributed by atoms with Gasteiger partial charge in [0.25, 0.3) is 0 Å². The van der Waals surface area contributed by atoms with Gasteiger partial charge in [-0.25, -0.2) is 19.2 Å². The first-order chi connectivity index (χ1) is 25.9. The summed E-state index contributed by atoms with van der Waals surface area (Å²) in [6, 6.07) is 0. The molecule has 0 saturated heterocycles. The third-order valence-corrected chi connectivity index (χ3v) is 6.01. The number of Topliss-reactive ketones (excluding diaryl/α,β-unsaturated/α-hetero) is 4. The van der Waals surface area contributed by atoms with E-state index < -0.39 is 35.1 Å². The van der Waals surface area contributed by atoms with Gasteiger partial charge in [-0.2, -0.15) is 19.6 Å². The summed E-state index contributed by atoms with van der Waals surface area (Å²) in [7, 11) is 0. The Hall–Kier alpha value is -2.17. The van der Waals surface area contributed by atoms with Gasteiger partial charge in [0.2, 0.25) is 0 Å². The van der Waals surface area contributed by atoms with E-state index >= 15 is 0 Å². The molecule has 58 heavy (non-hydrogen) atoms. The summed E-state index contributed by atoms with van der Waals surface area (Å²) in [5, 5.41) is 0. The summed E-state index contributed by atoms with van der Waals surface area (Å²) >= 11 is 0. The fraction of sp³-hybridized carbons (Fsp3) is 0.800. The molecule has 336 valence electrons. The summed E-state index contributed by atoms with van der Waals surface area (Å²) in [5.74, 6) is -2.91. The molecule has 0 aromatic heterocycles. The molecule has 2 unspecified atom stereocenters. The van der Waals surface area contributed by atoms with Crippen LogP contribution in [0.15, 0.2) is 0 Å². The first-order valence-electron chi connectivity index (χ1n) is 19.5. The molecule has 0 spiro atoms. The number of rotatable bonds is 24. The van der Waals surface area contributed by atoms with Crippen molar-refractivity contribution in [2.24, 2.45) is 0 Å². The van der Waals surface area contributed by atoms with E-state index in [4.69, 9.17) is 19.6 Å². The van der Waals surface area contributed by atoms with E-state index in [1.54, 1.807) is 55.4 Å². The van der Waals surface area contributed by atoms with Crippen LogP contribution in [0.4, 0.5) is 0 Å². The first kappa shape index (κ1) is 67.6. The fourth-order valence-corrected chi connectivity index (χ4v) is 2.98. The Balaban J connectivity index is -0.000000154. The van der Waals surface area contributed by atoms with Crippen LogP contribution in [0.3, 0.4) is 0 Å². The third-order valence-electron chi connectivity index (χ3n) is 6.01. The van der Waals surface area contributed by atoms with Gasteiger partial charge in [-0.3, -0.25) is 38.7 Å². The zero-order valence-corrected chi connectivity index (χ0v) is 40.7. The minimum atomic E-state index is -0.627. The quantitative estimate of drug-likeness (QED) is 0.0388. The molecule has 0 fully saturated rings. The number of hydrogen-bond acceptors (Lipinski definition) is 16. The van der Waals surface area contributed by atoms with Crippen LogP contribution in [0, 0.1) is 0 Å². The second kappa shape index (κ2) is 41.6. The van der Waals surface area contributed by atoms with Crippen LogP contribution in [-0.2, 0) is 121 Å². The summed E-state index contributed by atoms with van der Waals surface area (Å²) in [5.41, 5.74) is -1.08. The summed E-state index contributed by atoms with van der Waals surface area (Å²) in [4.78, 5) is 125. The number of ketones is 4. The molecule has 0 saturated carbocycles. The van der Waals surface area contributed by atoms with Crippen molar-refractivity contribution in [1.29, 1.82) is 0 Å². The number of carbonyl (C=O) groups is 8. The van der Waals surface area contributed by atoms with E-state index in [2.05, 4.69) is 19.6 Å². The second-order valence-electron chi connectivity index (χ2n) is 14.7. The van der Waals surface area contributed by atoms with E-state index in [1.165, 1.54) is 0 Å². The van der Waals surface area contributed by atoms with E-state index in [0.29, 0.717) is 25.7 Å². The monoisotopic (exact) mass is 904 g/mol. The second-order valence-corrected chi connectivity index (χ2v) is 14.7. The van der Waals surface area contributed by atoms with Gasteiger partial charge in [-0.05, 0) is 93.9 Å². The summed E-state index contributed by atoms with van der Waals surface area (Å²) < 4.78 is 0. The SMILES string of the molecule is CCCC(=O)CC(=O)OOC(C)(C)C.CCCC(=O)CC(=O)OOC(C)(C)C.CCCC(=O)CC(=O)OOC(C)CC.CCCC(=O)CC(=O)OOC(C)CC.[Ti].[Ti]. The fourth-order valence-electron chi connectivity index (χ4n) is 2.98. The van der Waals surface area contributed by atoms with Gasteiger partial charge in [0.1, 0.15) is 72.2 Å². The van der Waals surface area contributed by atoms with Crippen molar-refractivity contribution >= 4 is 47.0 Å². The van der Waals surface area contributed by atoms with Gasteiger partial charge in [-0.1, -0.05) is 41.5 Å². The van der Waals surface area contributed by atoms with Crippen LogP contribution in [0.25, 0.3) is 0 Å². The first-order valence-corrected chi connectivity index (χ1v) is 19.5. The molecule has 0 aliphatic heterocycles. The molecule has 0 aliphatic carbocycles. The maximum atomic E-state index is 11.0. The Bertz CT molecular complexity index is 1060. The smallest absolute Gasteiger partial charge is 0.299 e. The number of hydrogen-bond donors (Lipinski definition) is 0. The predicted octanol–water partition coefficient (Wildman–Crippen LogP) is 8.07. The van der Waals surface area contributed by atoms with Crippen LogP contribution >= 0.6 is 0 Å².